The van der Waals surface area contributed by atoms with Crippen molar-refractivity contribution in [2.75, 3.05) is 0 Å². The summed E-state index contributed by atoms with van der Waals surface area (Å²) in [6.45, 7) is 6.13. The van der Waals surface area contributed by atoms with E-state index in [1.54, 1.807) is 5.48 Å². The summed E-state index contributed by atoms with van der Waals surface area (Å²) in [5.41, 5.74) is 2.95. The van der Waals surface area contributed by atoms with Gasteiger partial charge in [0.05, 0.1) is 0 Å². The van der Waals surface area contributed by atoms with Gasteiger partial charge in [-0.2, -0.15) is 0 Å². The molecule has 1 atom stereocenters. The Bertz CT molecular complexity index is 183. The number of rotatable bonds is 5. The van der Waals surface area contributed by atoms with Crippen LogP contribution in [0.4, 0.5) is 0 Å². The minimum Gasteiger partial charge on any atom is -0.289 e. The third kappa shape index (κ3) is 7.53. The van der Waals surface area contributed by atoms with Crippen LogP contribution in [0, 0.1) is 5.92 Å². The maximum Gasteiger partial charge on any atom is 0.243 e. The predicted molar refractivity (Wildman–Crippen MR) is 52.4 cm³/mol. The Kier molecular flexibility index (Phi) is 6.24. The summed E-state index contributed by atoms with van der Waals surface area (Å²) in [6.07, 6.45) is 4.54. The second kappa shape index (κ2) is 6.66. The van der Waals surface area contributed by atoms with Crippen molar-refractivity contribution in [2.45, 2.75) is 40.0 Å². The number of carbonyl (C=O) groups excluding carboxylic acids is 1. The lowest BCUT2D eigenvalue weighted by atomic mass is 10.0. The summed E-state index contributed by atoms with van der Waals surface area (Å²) in [4.78, 5) is 10.7. The number of amides is 1. The molecule has 1 amide bonds. The van der Waals surface area contributed by atoms with Crippen LogP contribution in [-0.2, 0) is 4.79 Å². The predicted octanol–water partition coefficient (Wildman–Crippen LogP) is 2.26. The van der Waals surface area contributed by atoms with Crippen LogP contribution >= 0.6 is 0 Å². The molecule has 3 nitrogen and oxygen atoms in total. The van der Waals surface area contributed by atoms with E-state index in [0.717, 1.165) is 12.8 Å². The lowest BCUT2D eigenvalue weighted by Gasteiger charge is -2.07. The molecule has 0 aliphatic rings. The molecule has 0 aromatic carbocycles. The van der Waals surface area contributed by atoms with Crippen LogP contribution < -0.4 is 5.48 Å². The Morgan fingerprint density at radius 2 is 2.15 bits per heavy atom. The highest BCUT2D eigenvalue weighted by molar-refractivity contribution is 5.74. The molecule has 1 unspecified atom stereocenters. The molecule has 0 spiro atoms. The fraction of sp³-hybridized carbons (Fsp3) is 0.700. The van der Waals surface area contributed by atoms with E-state index in [0.29, 0.717) is 12.3 Å². The van der Waals surface area contributed by atoms with Gasteiger partial charge in [-0.05, 0) is 32.6 Å². The van der Waals surface area contributed by atoms with E-state index in [2.05, 4.69) is 19.9 Å². The molecule has 0 aliphatic carbocycles. The molecule has 0 fully saturated rings. The molecule has 76 valence electrons. The lowest BCUT2D eigenvalue weighted by Crippen LogP contribution is -2.20. The van der Waals surface area contributed by atoms with E-state index in [1.807, 2.05) is 6.92 Å². The highest BCUT2D eigenvalue weighted by Crippen LogP contribution is 2.11. The number of allylic oxidation sites excluding steroid dienone is 2. The largest absolute Gasteiger partial charge is 0.289 e. The maximum atomic E-state index is 10.7. The molecule has 0 rings (SSSR count). The fourth-order valence-corrected chi connectivity index (χ4v) is 1.12. The summed E-state index contributed by atoms with van der Waals surface area (Å²) in [6, 6.07) is 0. The molecular formula is C10H19NO2. The summed E-state index contributed by atoms with van der Waals surface area (Å²) < 4.78 is 0. The van der Waals surface area contributed by atoms with E-state index in [-0.39, 0.29) is 5.91 Å². The topological polar surface area (TPSA) is 49.3 Å². The maximum absolute atomic E-state index is 10.7. The zero-order chi connectivity index (χ0) is 10.3. The third-order valence-electron chi connectivity index (χ3n) is 1.87. The number of carbonyl (C=O) groups is 1. The third-order valence-corrected chi connectivity index (χ3v) is 1.87. The van der Waals surface area contributed by atoms with Crippen molar-refractivity contribution in [3.63, 3.8) is 0 Å². The molecule has 3 heteroatoms. The monoisotopic (exact) mass is 185 g/mol. The van der Waals surface area contributed by atoms with Crippen molar-refractivity contribution < 1.29 is 10.0 Å². The van der Waals surface area contributed by atoms with Gasteiger partial charge in [0.15, 0.2) is 0 Å². The quantitative estimate of drug-likeness (QED) is 0.392. The Hall–Kier alpha value is -0.830. The van der Waals surface area contributed by atoms with Crippen LogP contribution in [0.3, 0.4) is 0 Å². The van der Waals surface area contributed by atoms with E-state index >= 15 is 0 Å². The van der Waals surface area contributed by atoms with Crippen LogP contribution in [0.1, 0.15) is 40.0 Å². The number of hydroxylamine groups is 1. The van der Waals surface area contributed by atoms with Gasteiger partial charge in [0.25, 0.3) is 0 Å². The molecule has 0 radical (unpaired) electrons. The van der Waals surface area contributed by atoms with Gasteiger partial charge in [0, 0.05) is 6.42 Å². The Morgan fingerprint density at radius 1 is 1.54 bits per heavy atom. The number of hydrogen-bond acceptors (Lipinski definition) is 2. The van der Waals surface area contributed by atoms with Crippen LogP contribution in [0.2, 0.25) is 0 Å². The molecule has 0 heterocycles. The molecule has 2 N–H and O–H groups in total. The van der Waals surface area contributed by atoms with Crippen molar-refractivity contribution in [3.05, 3.63) is 11.6 Å². The molecule has 0 aliphatic heterocycles. The Morgan fingerprint density at radius 3 is 2.62 bits per heavy atom. The van der Waals surface area contributed by atoms with E-state index in [1.165, 1.54) is 5.57 Å². The summed E-state index contributed by atoms with van der Waals surface area (Å²) >= 11 is 0. The Labute approximate surface area is 79.8 Å². The van der Waals surface area contributed by atoms with Crippen molar-refractivity contribution in [1.82, 2.24) is 5.48 Å². The number of hydrogen-bond donors (Lipinski definition) is 2. The van der Waals surface area contributed by atoms with E-state index in [4.69, 9.17) is 5.21 Å². The standard InChI is InChI=1S/C10H19NO2/c1-8(2)5-4-6-9(3)7-10(12)11-13/h5,9,13H,4,6-7H2,1-3H3,(H,11,12). The zero-order valence-electron chi connectivity index (χ0n) is 8.63. The van der Waals surface area contributed by atoms with Gasteiger partial charge < -0.3 is 0 Å². The molecule has 13 heavy (non-hydrogen) atoms. The average molecular weight is 185 g/mol. The van der Waals surface area contributed by atoms with Crippen LogP contribution in [-0.4, -0.2) is 11.1 Å². The van der Waals surface area contributed by atoms with Crippen LogP contribution in [0.5, 0.6) is 0 Å². The minimum absolute atomic E-state index is 0.301. The normalized spacial score (nSPS) is 12.0. The van der Waals surface area contributed by atoms with Crippen LogP contribution in [0.15, 0.2) is 11.6 Å². The minimum atomic E-state index is -0.301. The second-order valence-corrected chi connectivity index (χ2v) is 3.70. The smallest absolute Gasteiger partial charge is 0.243 e. The molecular weight excluding hydrogens is 166 g/mol. The highest BCUT2D eigenvalue weighted by Gasteiger charge is 2.06. The van der Waals surface area contributed by atoms with Gasteiger partial charge in [0.1, 0.15) is 0 Å². The molecule has 0 aromatic heterocycles. The van der Waals surface area contributed by atoms with Crippen molar-refractivity contribution in [1.29, 1.82) is 0 Å². The highest BCUT2D eigenvalue weighted by atomic mass is 16.5. The van der Waals surface area contributed by atoms with E-state index in [9.17, 15) is 4.79 Å². The SMILES string of the molecule is CC(C)=CCCC(C)CC(=O)NO. The first-order chi connectivity index (χ1) is 6.06. The molecule has 0 saturated heterocycles. The van der Waals surface area contributed by atoms with Gasteiger partial charge in [-0.3, -0.25) is 10.0 Å². The van der Waals surface area contributed by atoms with Crippen LogP contribution in [0.25, 0.3) is 0 Å². The number of nitrogens with one attached hydrogen (secondary N) is 1. The summed E-state index contributed by atoms with van der Waals surface area (Å²) in [5.74, 6) is 0.0208. The first-order valence-corrected chi connectivity index (χ1v) is 4.62. The molecule has 0 aromatic rings. The van der Waals surface area contributed by atoms with Gasteiger partial charge >= 0.3 is 0 Å². The summed E-state index contributed by atoms with van der Waals surface area (Å²) in [7, 11) is 0. The van der Waals surface area contributed by atoms with Crippen molar-refractivity contribution >= 4 is 5.91 Å². The first kappa shape index (κ1) is 12.2. The zero-order valence-corrected chi connectivity index (χ0v) is 8.63. The average Bonchev–Trinajstić information content (AvgIpc) is 2.03. The second-order valence-electron chi connectivity index (χ2n) is 3.70. The molecule has 0 bridgehead atoms. The van der Waals surface area contributed by atoms with Crippen molar-refractivity contribution in [3.8, 4) is 0 Å². The fourth-order valence-electron chi connectivity index (χ4n) is 1.12. The van der Waals surface area contributed by atoms with Gasteiger partial charge in [0.2, 0.25) is 5.91 Å². The van der Waals surface area contributed by atoms with Gasteiger partial charge in [-0.25, -0.2) is 5.48 Å². The molecule has 0 saturated carbocycles. The van der Waals surface area contributed by atoms with Gasteiger partial charge in [-0.1, -0.05) is 18.6 Å². The first-order valence-electron chi connectivity index (χ1n) is 4.62. The van der Waals surface area contributed by atoms with E-state index < -0.39 is 0 Å². The lowest BCUT2D eigenvalue weighted by molar-refractivity contribution is -0.130. The van der Waals surface area contributed by atoms with Crippen molar-refractivity contribution in [2.24, 2.45) is 5.92 Å². The van der Waals surface area contributed by atoms with Gasteiger partial charge in [-0.15, -0.1) is 0 Å². The summed E-state index contributed by atoms with van der Waals surface area (Å²) in [5, 5.41) is 8.29. The Balaban J connectivity index is 3.57.